The van der Waals surface area contributed by atoms with E-state index in [9.17, 15) is 0 Å². The first-order valence-electron chi connectivity index (χ1n) is 5.67. The molecule has 0 aromatic carbocycles. The summed E-state index contributed by atoms with van der Waals surface area (Å²) in [6, 6.07) is 2.76. The quantitative estimate of drug-likeness (QED) is 0.774. The van der Waals surface area contributed by atoms with E-state index in [0.717, 1.165) is 25.9 Å². The number of nitrogens with zero attached hydrogens (tertiary/aromatic N) is 1. The van der Waals surface area contributed by atoms with E-state index in [0.29, 0.717) is 6.04 Å². The summed E-state index contributed by atoms with van der Waals surface area (Å²) >= 11 is 1.74. The molecule has 1 aromatic heterocycles. The summed E-state index contributed by atoms with van der Waals surface area (Å²) in [6.45, 7) is 6.43. The van der Waals surface area contributed by atoms with Gasteiger partial charge in [-0.1, -0.05) is 13.8 Å². The van der Waals surface area contributed by atoms with Crippen LogP contribution in [-0.4, -0.2) is 29.2 Å². The third kappa shape index (κ3) is 3.93. The Morgan fingerprint density at radius 2 is 2.13 bits per heavy atom. The first kappa shape index (κ1) is 12.7. The van der Waals surface area contributed by atoms with Crippen LogP contribution in [0.5, 0.6) is 0 Å². The molecule has 0 radical (unpaired) electrons. The molecule has 15 heavy (non-hydrogen) atoms. The van der Waals surface area contributed by atoms with Crippen LogP contribution in [-0.2, 0) is 6.54 Å². The zero-order valence-corrected chi connectivity index (χ0v) is 10.5. The number of thiophene rings is 1. The van der Waals surface area contributed by atoms with Crippen LogP contribution in [0, 0.1) is 0 Å². The summed E-state index contributed by atoms with van der Waals surface area (Å²) in [7, 11) is 0. The number of hydrogen-bond donors (Lipinski definition) is 1. The molecule has 1 rings (SSSR count). The molecule has 0 atom stereocenters. The van der Waals surface area contributed by atoms with Crippen molar-refractivity contribution in [2.24, 2.45) is 0 Å². The predicted octanol–water partition coefficient (Wildman–Crippen LogP) is 2.73. The molecule has 86 valence electrons. The lowest BCUT2D eigenvalue weighted by atomic mass is 10.1. The average Bonchev–Trinajstić information content (AvgIpc) is 2.72. The number of hydrogen-bond acceptors (Lipinski definition) is 3. The maximum absolute atomic E-state index is 9.07. The van der Waals surface area contributed by atoms with Gasteiger partial charge in [0.1, 0.15) is 0 Å². The molecular formula is C12H21NOS. The molecular weight excluding hydrogens is 206 g/mol. The Bertz CT molecular complexity index is 244. The van der Waals surface area contributed by atoms with E-state index in [4.69, 9.17) is 5.11 Å². The second kappa shape index (κ2) is 6.99. The van der Waals surface area contributed by atoms with Gasteiger partial charge in [-0.05, 0) is 35.2 Å². The molecule has 0 fully saturated rings. The zero-order chi connectivity index (χ0) is 11.1. The Labute approximate surface area is 96.5 Å². The van der Waals surface area contributed by atoms with Crippen molar-refractivity contribution in [3.05, 3.63) is 22.4 Å². The van der Waals surface area contributed by atoms with Gasteiger partial charge in [0.05, 0.1) is 6.61 Å². The van der Waals surface area contributed by atoms with Gasteiger partial charge in [-0.3, -0.25) is 4.90 Å². The van der Waals surface area contributed by atoms with Gasteiger partial charge in [0.15, 0.2) is 0 Å². The molecule has 0 aliphatic rings. The predicted molar refractivity (Wildman–Crippen MR) is 66.2 cm³/mol. The van der Waals surface area contributed by atoms with Crippen molar-refractivity contribution in [3.63, 3.8) is 0 Å². The van der Waals surface area contributed by atoms with Gasteiger partial charge in [0, 0.05) is 19.1 Å². The van der Waals surface area contributed by atoms with Crippen molar-refractivity contribution in [2.45, 2.75) is 39.3 Å². The lowest BCUT2D eigenvalue weighted by Crippen LogP contribution is -2.36. The summed E-state index contributed by atoms with van der Waals surface area (Å²) in [5.41, 5.74) is 1.36. The van der Waals surface area contributed by atoms with Crippen LogP contribution < -0.4 is 0 Å². The van der Waals surface area contributed by atoms with Gasteiger partial charge in [0.25, 0.3) is 0 Å². The monoisotopic (exact) mass is 227 g/mol. The van der Waals surface area contributed by atoms with Crippen LogP contribution in [0.15, 0.2) is 16.8 Å². The van der Waals surface area contributed by atoms with Crippen molar-refractivity contribution in [1.82, 2.24) is 4.90 Å². The van der Waals surface area contributed by atoms with E-state index in [2.05, 4.69) is 35.6 Å². The fourth-order valence-electron chi connectivity index (χ4n) is 1.94. The molecule has 0 aliphatic carbocycles. The normalized spacial score (nSPS) is 11.5. The van der Waals surface area contributed by atoms with Crippen molar-refractivity contribution in [2.75, 3.05) is 13.2 Å². The highest BCUT2D eigenvalue weighted by molar-refractivity contribution is 7.07. The Morgan fingerprint density at radius 3 is 2.60 bits per heavy atom. The summed E-state index contributed by atoms with van der Waals surface area (Å²) < 4.78 is 0. The Morgan fingerprint density at radius 1 is 1.40 bits per heavy atom. The average molecular weight is 227 g/mol. The first-order chi connectivity index (χ1) is 7.31. The van der Waals surface area contributed by atoms with Gasteiger partial charge < -0.3 is 5.11 Å². The van der Waals surface area contributed by atoms with Crippen LogP contribution in [0.2, 0.25) is 0 Å². The minimum Gasteiger partial charge on any atom is -0.395 e. The Kier molecular flexibility index (Phi) is 5.91. The Hall–Kier alpha value is -0.380. The van der Waals surface area contributed by atoms with E-state index in [1.165, 1.54) is 5.56 Å². The summed E-state index contributed by atoms with van der Waals surface area (Å²) in [6.07, 6.45) is 2.31. The molecule has 3 heteroatoms. The topological polar surface area (TPSA) is 23.5 Å². The molecule has 1 aromatic rings. The molecule has 0 aliphatic heterocycles. The molecule has 0 saturated heterocycles. The summed E-state index contributed by atoms with van der Waals surface area (Å²) in [5, 5.41) is 13.4. The van der Waals surface area contributed by atoms with Gasteiger partial charge in [-0.15, -0.1) is 0 Å². The van der Waals surface area contributed by atoms with E-state index >= 15 is 0 Å². The largest absolute Gasteiger partial charge is 0.395 e. The van der Waals surface area contributed by atoms with Gasteiger partial charge in [-0.2, -0.15) is 11.3 Å². The van der Waals surface area contributed by atoms with Crippen molar-refractivity contribution in [3.8, 4) is 0 Å². The second-order valence-electron chi connectivity index (χ2n) is 3.80. The van der Waals surface area contributed by atoms with E-state index in [-0.39, 0.29) is 6.61 Å². The molecule has 1 N–H and O–H groups in total. The molecule has 0 saturated carbocycles. The van der Waals surface area contributed by atoms with Gasteiger partial charge in [-0.25, -0.2) is 0 Å². The van der Waals surface area contributed by atoms with Crippen LogP contribution in [0.3, 0.4) is 0 Å². The highest BCUT2D eigenvalue weighted by atomic mass is 32.1. The molecule has 0 spiro atoms. The lowest BCUT2D eigenvalue weighted by Gasteiger charge is -2.29. The van der Waals surface area contributed by atoms with Crippen molar-refractivity contribution in [1.29, 1.82) is 0 Å². The fraction of sp³-hybridized carbons (Fsp3) is 0.667. The van der Waals surface area contributed by atoms with Crippen LogP contribution in [0.25, 0.3) is 0 Å². The highest BCUT2D eigenvalue weighted by Gasteiger charge is 2.14. The van der Waals surface area contributed by atoms with Crippen LogP contribution in [0.1, 0.15) is 32.3 Å². The summed E-state index contributed by atoms with van der Waals surface area (Å²) in [4.78, 5) is 2.38. The van der Waals surface area contributed by atoms with Crippen LogP contribution in [0.4, 0.5) is 0 Å². The van der Waals surface area contributed by atoms with Gasteiger partial charge >= 0.3 is 0 Å². The smallest absolute Gasteiger partial charge is 0.0558 e. The van der Waals surface area contributed by atoms with E-state index in [1.54, 1.807) is 11.3 Å². The zero-order valence-electron chi connectivity index (χ0n) is 9.65. The van der Waals surface area contributed by atoms with Crippen LogP contribution >= 0.6 is 11.3 Å². The highest BCUT2D eigenvalue weighted by Crippen LogP contribution is 2.15. The maximum atomic E-state index is 9.07. The molecule has 0 unspecified atom stereocenters. The minimum absolute atomic E-state index is 0.251. The third-order valence-corrected chi connectivity index (χ3v) is 3.54. The Balaban J connectivity index is 2.56. The first-order valence-corrected chi connectivity index (χ1v) is 6.62. The molecule has 1 heterocycles. The number of rotatable bonds is 7. The van der Waals surface area contributed by atoms with Crippen molar-refractivity contribution >= 4 is 11.3 Å². The number of aliphatic hydroxyl groups is 1. The third-order valence-electron chi connectivity index (χ3n) is 2.81. The fourth-order valence-corrected chi connectivity index (χ4v) is 2.60. The second-order valence-corrected chi connectivity index (χ2v) is 4.58. The molecule has 2 nitrogen and oxygen atoms in total. The minimum atomic E-state index is 0.251. The maximum Gasteiger partial charge on any atom is 0.0558 e. The van der Waals surface area contributed by atoms with Crippen molar-refractivity contribution < 1.29 is 5.11 Å². The van der Waals surface area contributed by atoms with Gasteiger partial charge in [0.2, 0.25) is 0 Å². The number of aliphatic hydroxyl groups excluding tert-OH is 1. The standard InChI is InChI=1S/C12H21NOS/c1-3-12(4-2)13(6-7-14)9-11-5-8-15-10-11/h5,8,10,12,14H,3-4,6-7,9H2,1-2H3. The molecule has 0 amide bonds. The lowest BCUT2D eigenvalue weighted by molar-refractivity contribution is 0.137. The SMILES string of the molecule is CCC(CC)N(CCO)Cc1ccsc1. The molecule has 0 bridgehead atoms. The summed E-state index contributed by atoms with van der Waals surface area (Å²) in [5.74, 6) is 0. The van der Waals surface area contributed by atoms with E-state index in [1.807, 2.05) is 0 Å². The van der Waals surface area contributed by atoms with E-state index < -0.39 is 0 Å².